The highest BCUT2D eigenvalue weighted by Crippen LogP contribution is 2.32. The molecule has 0 bridgehead atoms. The average Bonchev–Trinajstić information content (AvgIpc) is 2.40. The molecule has 2 nitrogen and oxygen atoms in total. The Balaban J connectivity index is 2.22. The molecule has 0 spiro atoms. The highest BCUT2D eigenvalue weighted by atomic mass is 79.9. The highest BCUT2D eigenvalue weighted by molar-refractivity contribution is 9.10. The standard InChI is InChI=1S/C14H10BrF4NO/c15-10-2-4-13(21)8(5-10)7-20-12-6-9(14(17,18)19)1-3-11(12)16/h1-6,20-21H,7H2. The van der Waals surface area contributed by atoms with Crippen LogP contribution in [0.1, 0.15) is 11.1 Å². The second kappa shape index (κ2) is 5.93. The molecule has 2 aromatic carbocycles. The fraction of sp³-hybridized carbons (Fsp3) is 0.143. The third kappa shape index (κ3) is 3.87. The summed E-state index contributed by atoms with van der Waals surface area (Å²) >= 11 is 3.21. The smallest absolute Gasteiger partial charge is 0.416 e. The van der Waals surface area contributed by atoms with Gasteiger partial charge in [0.2, 0.25) is 0 Å². The Morgan fingerprint density at radius 3 is 2.48 bits per heavy atom. The van der Waals surface area contributed by atoms with E-state index >= 15 is 0 Å². The fourth-order valence-electron chi connectivity index (χ4n) is 1.72. The number of anilines is 1. The van der Waals surface area contributed by atoms with Crippen molar-refractivity contribution in [2.75, 3.05) is 5.32 Å². The number of benzene rings is 2. The number of nitrogens with one attached hydrogen (secondary N) is 1. The molecule has 0 fully saturated rings. The first-order valence-electron chi connectivity index (χ1n) is 5.85. The first-order chi connectivity index (χ1) is 9.77. The molecule has 0 aliphatic heterocycles. The van der Waals surface area contributed by atoms with Crippen LogP contribution >= 0.6 is 15.9 Å². The summed E-state index contributed by atoms with van der Waals surface area (Å²) in [6.07, 6.45) is -4.54. The van der Waals surface area contributed by atoms with E-state index in [2.05, 4.69) is 21.2 Å². The summed E-state index contributed by atoms with van der Waals surface area (Å²) in [5.41, 5.74) is -0.782. The number of aromatic hydroxyl groups is 1. The SMILES string of the molecule is Oc1ccc(Br)cc1CNc1cc(C(F)(F)F)ccc1F. The van der Waals surface area contributed by atoms with Crippen LogP contribution in [0.15, 0.2) is 40.9 Å². The maximum absolute atomic E-state index is 13.5. The minimum atomic E-state index is -4.54. The van der Waals surface area contributed by atoms with Crippen LogP contribution in [0.3, 0.4) is 0 Å². The van der Waals surface area contributed by atoms with Crippen LogP contribution in [-0.2, 0) is 12.7 Å². The summed E-state index contributed by atoms with van der Waals surface area (Å²) in [5, 5.41) is 12.2. The summed E-state index contributed by atoms with van der Waals surface area (Å²) in [4.78, 5) is 0. The molecular formula is C14H10BrF4NO. The van der Waals surface area contributed by atoms with Crippen molar-refractivity contribution in [2.45, 2.75) is 12.7 Å². The summed E-state index contributed by atoms with van der Waals surface area (Å²) in [7, 11) is 0. The van der Waals surface area contributed by atoms with E-state index in [1.807, 2.05) is 0 Å². The molecule has 2 aromatic rings. The molecule has 0 radical (unpaired) electrons. The largest absolute Gasteiger partial charge is 0.508 e. The molecule has 2 rings (SSSR count). The number of halogens is 5. The van der Waals surface area contributed by atoms with E-state index in [0.717, 1.165) is 6.07 Å². The molecule has 0 saturated carbocycles. The second-order valence-corrected chi connectivity index (χ2v) is 5.23. The molecule has 0 amide bonds. The maximum Gasteiger partial charge on any atom is 0.416 e. The Morgan fingerprint density at radius 2 is 1.81 bits per heavy atom. The molecule has 0 heterocycles. The predicted octanol–water partition coefficient (Wildman–Crippen LogP) is 4.92. The van der Waals surface area contributed by atoms with Gasteiger partial charge in [-0.1, -0.05) is 15.9 Å². The molecule has 0 atom stereocenters. The lowest BCUT2D eigenvalue weighted by atomic mass is 10.1. The van der Waals surface area contributed by atoms with Gasteiger partial charge in [-0.3, -0.25) is 0 Å². The normalized spacial score (nSPS) is 11.5. The Kier molecular flexibility index (Phi) is 4.41. The first-order valence-corrected chi connectivity index (χ1v) is 6.64. The highest BCUT2D eigenvalue weighted by Gasteiger charge is 2.31. The molecule has 0 saturated heterocycles. The number of hydrogen-bond acceptors (Lipinski definition) is 2. The quantitative estimate of drug-likeness (QED) is 0.758. The van der Waals surface area contributed by atoms with Gasteiger partial charge in [0, 0.05) is 16.6 Å². The van der Waals surface area contributed by atoms with Gasteiger partial charge in [0.25, 0.3) is 0 Å². The van der Waals surface area contributed by atoms with E-state index in [0.29, 0.717) is 22.2 Å². The predicted molar refractivity (Wildman–Crippen MR) is 74.5 cm³/mol. The summed E-state index contributed by atoms with van der Waals surface area (Å²) in [6.45, 7) is -0.0104. The number of rotatable bonds is 3. The van der Waals surface area contributed by atoms with Crippen LogP contribution in [0.25, 0.3) is 0 Å². The molecule has 0 aliphatic rings. The Hall–Kier alpha value is -1.76. The third-order valence-corrected chi connectivity index (χ3v) is 3.30. The second-order valence-electron chi connectivity index (χ2n) is 4.32. The van der Waals surface area contributed by atoms with E-state index in [4.69, 9.17) is 0 Å². The van der Waals surface area contributed by atoms with Crippen LogP contribution in [0, 0.1) is 5.82 Å². The van der Waals surface area contributed by atoms with Crippen molar-refractivity contribution in [3.8, 4) is 5.75 Å². The van der Waals surface area contributed by atoms with E-state index < -0.39 is 17.6 Å². The van der Waals surface area contributed by atoms with Crippen LogP contribution < -0.4 is 5.32 Å². The van der Waals surface area contributed by atoms with Crippen LogP contribution in [0.4, 0.5) is 23.2 Å². The third-order valence-electron chi connectivity index (χ3n) is 2.80. The van der Waals surface area contributed by atoms with Gasteiger partial charge < -0.3 is 10.4 Å². The van der Waals surface area contributed by atoms with Gasteiger partial charge >= 0.3 is 6.18 Å². The van der Waals surface area contributed by atoms with Gasteiger partial charge in [-0.15, -0.1) is 0 Å². The summed E-state index contributed by atoms with van der Waals surface area (Å²) < 4.78 is 52.0. The van der Waals surface area contributed by atoms with Gasteiger partial charge in [0.05, 0.1) is 11.3 Å². The zero-order valence-corrected chi connectivity index (χ0v) is 12.1. The summed E-state index contributed by atoms with van der Waals surface area (Å²) in [6, 6.07) is 6.77. The van der Waals surface area contributed by atoms with E-state index in [9.17, 15) is 22.7 Å². The minimum absolute atomic E-state index is 0.0104. The van der Waals surface area contributed by atoms with Crippen LogP contribution in [-0.4, -0.2) is 5.11 Å². The van der Waals surface area contributed by atoms with Gasteiger partial charge in [0.1, 0.15) is 11.6 Å². The van der Waals surface area contributed by atoms with Crippen molar-refractivity contribution in [3.05, 3.63) is 57.8 Å². The number of hydrogen-bond donors (Lipinski definition) is 2. The van der Waals surface area contributed by atoms with Gasteiger partial charge in [-0.05, 0) is 36.4 Å². The first kappa shape index (κ1) is 15.6. The molecule has 2 N–H and O–H groups in total. The lowest BCUT2D eigenvalue weighted by molar-refractivity contribution is -0.137. The maximum atomic E-state index is 13.5. The van der Waals surface area contributed by atoms with Crippen molar-refractivity contribution in [2.24, 2.45) is 0 Å². The number of phenols is 1. The molecule has 0 unspecified atom stereocenters. The Labute approximate surface area is 126 Å². The minimum Gasteiger partial charge on any atom is -0.508 e. The van der Waals surface area contributed by atoms with Gasteiger partial charge in [0.15, 0.2) is 0 Å². The zero-order valence-electron chi connectivity index (χ0n) is 10.5. The molecule has 112 valence electrons. The van der Waals surface area contributed by atoms with E-state index in [-0.39, 0.29) is 18.0 Å². The van der Waals surface area contributed by atoms with Crippen molar-refractivity contribution < 1.29 is 22.7 Å². The lowest BCUT2D eigenvalue weighted by Crippen LogP contribution is -2.08. The lowest BCUT2D eigenvalue weighted by Gasteiger charge is -2.12. The topological polar surface area (TPSA) is 32.3 Å². The van der Waals surface area contributed by atoms with Crippen molar-refractivity contribution in [3.63, 3.8) is 0 Å². The monoisotopic (exact) mass is 363 g/mol. The average molecular weight is 364 g/mol. The molecule has 21 heavy (non-hydrogen) atoms. The Morgan fingerprint density at radius 1 is 1.10 bits per heavy atom. The molecule has 0 aliphatic carbocycles. The van der Waals surface area contributed by atoms with Crippen molar-refractivity contribution in [1.82, 2.24) is 0 Å². The van der Waals surface area contributed by atoms with Gasteiger partial charge in [-0.2, -0.15) is 13.2 Å². The van der Waals surface area contributed by atoms with Crippen molar-refractivity contribution >= 4 is 21.6 Å². The molecular weight excluding hydrogens is 354 g/mol. The van der Waals surface area contributed by atoms with E-state index in [1.165, 1.54) is 6.07 Å². The number of phenolic OH excluding ortho intramolecular Hbond substituents is 1. The Bertz CT molecular complexity index is 658. The van der Waals surface area contributed by atoms with Crippen LogP contribution in [0.2, 0.25) is 0 Å². The number of alkyl halides is 3. The van der Waals surface area contributed by atoms with Crippen LogP contribution in [0.5, 0.6) is 5.75 Å². The summed E-state index contributed by atoms with van der Waals surface area (Å²) in [5.74, 6) is -0.824. The molecule has 0 aromatic heterocycles. The zero-order chi connectivity index (χ0) is 15.6. The fourth-order valence-corrected chi connectivity index (χ4v) is 2.13. The molecule has 7 heteroatoms. The van der Waals surface area contributed by atoms with Crippen molar-refractivity contribution in [1.29, 1.82) is 0 Å². The van der Waals surface area contributed by atoms with E-state index in [1.54, 1.807) is 12.1 Å². The van der Waals surface area contributed by atoms with Gasteiger partial charge in [-0.25, -0.2) is 4.39 Å².